The van der Waals surface area contributed by atoms with Crippen molar-refractivity contribution in [1.82, 2.24) is 19.7 Å². The summed E-state index contributed by atoms with van der Waals surface area (Å²) in [6.07, 6.45) is 4.18. The molecule has 0 bridgehead atoms. The molecule has 2 atom stereocenters. The molecule has 1 aromatic carbocycles. The third-order valence-electron chi connectivity index (χ3n) is 5.12. The van der Waals surface area contributed by atoms with Gasteiger partial charge in [-0.1, -0.05) is 42.1 Å². The van der Waals surface area contributed by atoms with Crippen molar-refractivity contribution in [2.45, 2.75) is 70.2 Å². The summed E-state index contributed by atoms with van der Waals surface area (Å²) in [5, 5.41) is 9.55. The molecule has 0 N–H and O–H groups in total. The van der Waals surface area contributed by atoms with E-state index >= 15 is 0 Å². The van der Waals surface area contributed by atoms with E-state index < -0.39 is 0 Å². The molecule has 3 rings (SSSR count). The molecule has 6 heteroatoms. The molecular formula is C20H28N4OS. The normalized spacial score (nSPS) is 20.3. The van der Waals surface area contributed by atoms with Gasteiger partial charge in [-0.05, 0) is 45.6 Å². The Hall–Kier alpha value is -1.82. The highest BCUT2D eigenvalue weighted by Gasteiger charge is 2.29. The van der Waals surface area contributed by atoms with Crippen LogP contribution < -0.4 is 0 Å². The highest BCUT2D eigenvalue weighted by molar-refractivity contribution is 7.99. The number of benzene rings is 1. The van der Waals surface area contributed by atoms with Crippen molar-refractivity contribution >= 4 is 17.7 Å². The fraction of sp³-hybridized carbons (Fsp3) is 0.550. The molecule has 1 saturated heterocycles. The molecule has 0 saturated carbocycles. The van der Waals surface area contributed by atoms with Gasteiger partial charge < -0.3 is 9.47 Å². The smallest absolute Gasteiger partial charge is 0.233 e. The Balaban J connectivity index is 1.65. The molecule has 1 aliphatic heterocycles. The Kier molecular flexibility index (Phi) is 6.35. The molecule has 0 radical (unpaired) electrons. The van der Waals surface area contributed by atoms with Crippen LogP contribution in [0, 0.1) is 0 Å². The minimum atomic E-state index is 0.213. The second-order valence-electron chi connectivity index (χ2n) is 7.02. The molecule has 1 amide bonds. The number of aromatic nitrogens is 3. The topological polar surface area (TPSA) is 51.0 Å². The van der Waals surface area contributed by atoms with Crippen molar-refractivity contribution in [1.29, 1.82) is 0 Å². The van der Waals surface area contributed by atoms with E-state index in [1.807, 2.05) is 18.2 Å². The molecular weight excluding hydrogens is 344 g/mol. The molecule has 5 nitrogen and oxygen atoms in total. The third-order valence-corrected chi connectivity index (χ3v) is 6.07. The van der Waals surface area contributed by atoms with Crippen LogP contribution in [0.25, 0.3) is 0 Å². The lowest BCUT2D eigenvalue weighted by molar-refractivity contribution is -0.134. The monoisotopic (exact) mass is 372 g/mol. The number of hydrogen-bond donors (Lipinski definition) is 0. The van der Waals surface area contributed by atoms with Crippen molar-refractivity contribution in [3.05, 3.63) is 41.7 Å². The number of carbonyl (C=O) groups excluding carboxylic acids is 1. The van der Waals surface area contributed by atoms with Crippen LogP contribution in [-0.4, -0.2) is 43.4 Å². The minimum absolute atomic E-state index is 0.213. The predicted molar refractivity (Wildman–Crippen MR) is 105 cm³/mol. The van der Waals surface area contributed by atoms with Crippen LogP contribution in [0.3, 0.4) is 0 Å². The number of thioether (sulfide) groups is 1. The van der Waals surface area contributed by atoms with E-state index in [4.69, 9.17) is 0 Å². The van der Waals surface area contributed by atoms with E-state index in [1.54, 1.807) is 0 Å². The lowest BCUT2D eigenvalue weighted by atomic mass is 9.98. The van der Waals surface area contributed by atoms with Crippen molar-refractivity contribution in [3.8, 4) is 0 Å². The molecule has 26 heavy (non-hydrogen) atoms. The summed E-state index contributed by atoms with van der Waals surface area (Å²) in [4.78, 5) is 14.8. The average molecular weight is 373 g/mol. The maximum absolute atomic E-state index is 12.7. The summed E-state index contributed by atoms with van der Waals surface area (Å²) in [7, 11) is 0. The lowest BCUT2D eigenvalue weighted by Gasteiger charge is -2.39. The van der Waals surface area contributed by atoms with E-state index in [0.717, 1.165) is 36.8 Å². The Bertz CT molecular complexity index is 721. The van der Waals surface area contributed by atoms with Crippen molar-refractivity contribution in [3.63, 3.8) is 0 Å². The summed E-state index contributed by atoms with van der Waals surface area (Å²) in [5.74, 6) is 1.59. The number of amides is 1. The van der Waals surface area contributed by atoms with E-state index in [9.17, 15) is 4.79 Å². The zero-order valence-electron chi connectivity index (χ0n) is 15.9. The zero-order valence-corrected chi connectivity index (χ0v) is 16.7. The molecule has 1 aliphatic rings. The van der Waals surface area contributed by atoms with Gasteiger partial charge in [-0.15, -0.1) is 10.2 Å². The van der Waals surface area contributed by atoms with E-state index in [1.165, 1.54) is 23.7 Å². The summed E-state index contributed by atoms with van der Waals surface area (Å²) < 4.78 is 2.12. The standard InChI is InChI=1S/C20H28N4OS/c1-4-23-18(13-17-11-6-5-7-12-17)21-22-20(23)26-14-19(25)24-15(2)9-8-10-16(24)3/h5-7,11-12,15-16H,4,8-10,13-14H2,1-3H3/t15-,16-/m1/s1. The third kappa shape index (κ3) is 4.29. The molecule has 1 fully saturated rings. The molecule has 0 spiro atoms. The van der Waals surface area contributed by atoms with E-state index in [2.05, 4.69) is 52.6 Å². The number of nitrogens with zero attached hydrogens (tertiary/aromatic N) is 4. The first-order valence-electron chi connectivity index (χ1n) is 9.50. The van der Waals surface area contributed by atoms with Crippen molar-refractivity contribution < 1.29 is 4.79 Å². The molecule has 0 aliphatic carbocycles. The Morgan fingerprint density at radius 3 is 2.50 bits per heavy atom. The number of carbonyl (C=O) groups is 1. The van der Waals surface area contributed by atoms with Crippen LogP contribution in [0.1, 0.15) is 51.4 Å². The van der Waals surface area contributed by atoms with Crippen LogP contribution in [-0.2, 0) is 17.8 Å². The van der Waals surface area contributed by atoms with Crippen LogP contribution in [0.2, 0.25) is 0 Å². The maximum Gasteiger partial charge on any atom is 0.233 e. The first kappa shape index (κ1) is 19.0. The van der Waals surface area contributed by atoms with Gasteiger partial charge in [0.15, 0.2) is 5.16 Å². The fourth-order valence-electron chi connectivity index (χ4n) is 3.77. The number of hydrogen-bond acceptors (Lipinski definition) is 4. The Morgan fingerprint density at radius 1 is 1.15 bits per heavy atom. The van der Waals surface area contributed by atoms with Gasteiger partial charge in [0.1, 0.15) is 5.82 Å². The molecule has 140 valence electrons. The summed E-state index contributed by atoms with van der Waals surface area (Å²) in [5.41, 5.74) is 1.22. The second kappa shape index (κ2) is 8.71. The molecule has 1 aromatic heterocycles. The summed E-state index contributed by atoms with van der Waals surface area (Å²) >= 11 is 1.51. The van der Waals surface area contributed by atoms with Crippen molar-refractivity contribution in [2.75, 3.05) is 5.75 Å². The first-order chi connectivity index (χ1) is 12.6. The van der Waals surface area contributed by atoms with Gasteiger partial charge in [-0.25, -0.2) is 0 Å². The summed E-state index contributed by atoms with van der Waals surface area (Å²) in [6, 6.07) is 11.0. The number of likely N-dealkylation sites (tertiary alicyclic amines) is 1. The second-order valence-corrected chi connectivity index (χ2v) is 7.97. The quantitative estimate of drug-likeness (QED) is 0.724. The molecule has 2 aromatic rings. The van der Waals surface area contributed by atoms with Crippen LogP contribution in [0.15, 0.2) is 35.5 Å². The number of rotatable bonds is 6. The largest absolute Gasteiger partial charge is 0.337 e. The predicted octanol–water partition coefficient (Wildman–Crippen LogP) is 3.77. The van der Waals surface area contributed by atoms with Gasteiger partial charge >= 0.3 is 0 Å². The first-order valence-corrected chi connectivity index (χ1v) is 10.5. The maximum atomic E-state index is 12.7. The van der Waals surface area contributed by atoms with Gasteiger partial charge in [0.2, 0.25) is 5.91 Å². The van der Waals surface area contributed by atoms with E-state index in [0.29, 0.717) is 17.8 Å². The van der Waals surface area contributed by atoms with Crippen LogP contribution in [0.4, 0.5) is 0 Å². The van der Waals surface area contributed by atoms with Gasteiger partial charge in [-0.2, -0.15) is 0 Å². The van der Waals surface area contributed by atoms with Gasteiger partial charge in [0.25, 0.3) is 0 Å². The van der Waals surface area contributed by atoms with E-state index in [-0.39, 0.29) is 5.91 Å². The highest BCUT2D eigenvalue weighted by Crippen LogP contribution is 2.25. The molecule has 2 heterocycles. The average Bonchev–Trinajstić information content (AvgIpc) is 3.02. The molecule has 0 unspecified atom stereocenters. The lowest BCUT2D eigenvalue weighted by Crippen LogP contribution is -2.48. The van der Waals surface area contributed by atoms with Crippen LogP contribution in [0.5, 0.6) is 0 Å². The minimum Gasteiger partial charge on any atom is -0.337 e. The fourth-order valence-corrected chi connectivity index (χ4v) is 4.66. The van der Waals surface area contributed by atoms with Gasteiger partial charge in [0, 0.05) is 25.0 Å². The SMILES string of the molecule is CCn1c(Cc2ccccc2)nnc1SCC(=O)N1[C@H](C)CCC[C@H]1C. The van der Waals surface area contributed by atoms with Crippen LogP contribution >= 0.6 is 11.8 Å². The Morgan fingerprint density at radius 2 is 1.85 bits per heavy atom. The summed E-state index contributed by atoms with van der Waals surface area (Å²) in [6.45, 7) is 7.22. The Labute approximate surface area is 160 Å². The van der Waals surface area contributed by atoms with Gasteiger partial charge in [0.05, 0.1) is 5.75 Å². The zero-order chi connectivity index (χ0) is 18.5. The van der Waals surface area contributed by atoms with Crippen molar-refractivity contribution in [2.24, 2.45) is 0 Å². The number of piperidine rings is 1. The van der Waals surface area contributed by atoms with Gasteiger partial charge in [-0.3, -0.25) is 4.79 Å². The highest BCUT2D eigenvalue weighted by atomic mass is 32.2.